The van der Waals surface area contributed by atoms with Crippen molar-refractivity contribution in [2.75, 3.05) is 31.1 Å². The largest absolute Gasteiger partial charge is 0.419 e. The maximum atomic E-state index is 13.9. The molecule has 41 heavy (non-hydrogen) atoms. The van der Waals surface area contributed by atoms with Crippen LogP contribution in [0.4, 0.5) is 5.88 Å². The highest BCUT2D eigenvalue weighted by atomic mass is 32.2. The van der Waals surface area contributed by atoms with Gasteiger partial charge in [0.25, 0.3) is 0 Å². The lowest BCUT2D eigenvalue weighted by molar-refractivity contribution is 0.209. The highest BCUT2D eigenvalue weighted by Crippen LogP contribution is 2.37. The van der Waals surface area contributed by atoms with Crippen LogP contribution in [-0.4, -0.2) is 44.5 Å². The molecule has 1 aromatic heterocycles. The molecule has 0 spiro atoms. The van der Waals surface area contributed by atoms with Crippen molar-refractivity contribution in [1.29, 1.82) is 0 Å². The molecule has 6 rings (SSSR count). The monoisotopic (exact) mass is 563 g/mol. The summed E-state index contributed by atoms with van der Waals surface area (Å²) in [6, 6.07) is 35.8. The van der Waals surface area contributed by atoms with Crippen LogP contribution in [0.2, 0.25) is 0 Å². The summed E-state index contributed by atoms with van der Waals surface area (Å²) in [7, 11) is -3.91. The van der Waals surface area contributed by atoms with Gasteiger partial charge in [-0.25, -0.2) is 8.42 Å². The van der Waals surface area contributed by atoms with Crippen molar-refractivity contribution < 1.29 is 12.8 Å². The molecule has 0 unspecified atom stereocenters. The predicted molar refractivity (Wildman–Crippen MR) is 162 cm³/mol. The Labute approximate surface area is 241 Å². The van der Waals surface area contributed by atoms with Crippen LogP contribution in [0.1, 0.15) is 28.3 Å². The first kappa shape index (κ1) is 27.0. The Morgan fingerprint density at radius 1 is 0.707 bits per heavy atom. The Morgan fingerprint density at radius 3 is 1.85 bits per heavy atom. The SMILES string of the molecule is Cc1ccc(S(=O)(=O)c2nc(-c3ccccc3C)oc2N2CCN(C(c3ccccc3)c3ccccc3)CC2)cc1. The Morgan fingerprint density at radius 2 is 1.27 bits per heavy atom. The van der Waals surface area contributed by atoms with Crippen molar-refractivity contribution in [1.82, 2.24) is 9.88 Å². The summed E-state index contributed by atoms with van der Waals surface area (Å²) >= 11 is 0. The number of rotatable bonds is 7. The fourth-order valence-electron chi connectivity index (χ4n) is 5.50. The zero-order valence-corrected chi connectivity index (χ0v) is 24.1. The van der Waals surface area contributed by atoms with Gasteiger partial charge in [-0.15, -0.1) is 0 Å². The lowest BCUT2D eigenvalue weighted by atomic mass is 9.96. The molecule has 6 nitrogen and oxygen atoms in total. The summed E-state index contributed by atoms with van der Waals surface area (Å²) in [6.07, 6.45) is 0. The highest BCUT2D eigenvalue weighted by Gasteiger charge is 2.34. The Balaban J connectivity index is 1.35. The molecule has 1 saturated heterocycles. The van der Waals surface area contributed by atoms with E-state index in [2.05, 4.69) is 58.4 Å². The summed E-state index contributed by atoms with van der Waals surface area (Å²) in [5, 5.41) is -0.0317. The van der Waals surface area contributed by atoms with E-state index in [0.29, 0.717) is 24.9 Å². The number of aromatic nitrogens is 1. The zero-order valence-electron chi connectivity index (χ0n) is 23.3. The first-order chi connectivity index (χ1) is 19.9. The molecule has 0 saturated carbocycles. The molecule has 1 fully saturated rings. The molecule has 7 heteroatoms. The maximum Gasteiger partial charge on any atom is 0.236 e. The molecule has 1 aliphatic rings. The Kier molecular flexibility index (Phi) is 7.47. The third-order valence-electron chi connectivity index (χ3n) is 7.74. The number of oxazole rings is 1. The topological polar surface area (TPSA) is 66.7 Å². The van der Waals surface area contributed by atoms with Gasteiger partial charge in [-0.2, -0.15) is 4.98 Å². The lowest BCUT2D eigenvalue weighted by Crippen LogP contribution is -2.48. The first-order valence-corrected chi connectivity index (χ1v) is 15.4. The van der Waals surface area contributed by atoms with Crippen molar-refractivity contribution in [3.8, 4) is 11.5 Å². The average Bonchev–Trinajstić information content (AvgIpc) is 3.46. The third-order valence-corrected chi connectivity index (χ3v) is 9.41. The molecule has 0 atom stereocenters. The van der Waals surface area contributed by atoms with Gasteiger partial charge in [0.1, 0.15) is 0 Å². The zero-order chi connectivity index (χ0) is 28.4. The van der Waals surface area contributed by atoms with Crippen LogP contribution >= 0.6 is 0 Å². The summed E-state index contributed by atoms with van der Waals surface area (Å²) in [5.41, 5.74) is 5.21. The Hall–Kier alpha value is -4.20. The van der Waals surface area contributed by atoms with Gasteiger partial charge in [0.05, 0.1) is 10.9 Å². The molecule has 0 amide bonds. The second-order valence-electron chi connectivity index (χ2n) is 10.5. The van der Waals surface area contributed by atoms with E-state index >= 15 is 0 Å². The van der Waals surface area contributed by atoms with E-state index < -0.39 is 9.84 Å². The van der Waals surface area contributed by atoms with Gasteiger partial charge in [0.15, 0.2) is 0 Å². The smallest absolute Gasteiger partial charge is 0.236 e. The molecule has 0 aliphatic carbocycles. The molecular formula is C34H33N3O3S. The lowest BCUT2D eigenvalue weighted by Gasteiger charge is -2.39. The molecule has 0 radical (unpaired) electrons. The van der Waals surface area contributed by atoms with Crippen LogP contribution in [-0.2, 0) is 9.84 Å². The summed E-state index contributed by atoms with van der Waals surface area (Å²) in [4.78, 5) is 9.31. The van der Waals surface area contributed by atoms with Crippen molar-refractivity contribution in [2.24, 2.45) is 0 Å². The fraction of sp³-hybridized carbons (Fsp3) is 0.206. The van der Waals surface area contributed by atoms with Gasteiger partial charge in [-0.3, -0.25) is 4.90 Å². The van der Waals surface area contributed by atoms with Crippen LogP contribution in [0.3, 0.4) is 0 Å². The molecule has 0 bridgehead atoms. The van der Waals surface area contributed by atoms with Crippen LogP contribution < -0.4 is 4.90 Å². The van der Waals surface area contributed by atoms with Gasteiger partial charge in [-0.1, -0.05) is 96.6 Å². The third kappa shape index (κ3) is 5.43. The number of piperazine rings is 1. The van der Waals surface area contributed by atoms with Crippen LogP contribution in [0.25, 0.3) is 11.5 Å². The number of benzene rings is 4. The van der Waals surface area contributed by atoms with Crippen molar-refractivity contribution in [3.63, 3.8) is 0 Å². The minimum absolute atomic E-state index is 0.0317. The molecule has 208 valence electrons. The van der Waals surface area contributed by atoms with Crippen molar-refractivity contribution >= 4 is 15.7 Å². The fourth-order valence-corrected chi connectivity index (χ4v) is 6.82. The van der Waals surface area contributed by atoms with Gasteiger partial charge >= 0.3 is 0 Å². The van der Waals surface area contributed by atoms with E-state index in [4.69, 9.17) is 4.42 Å². The number of sulfone groups is 1. The number of aryl methyl sites for hydroxylation is 2. The normalized spacial score (nSPS) is 14.5. The highest BCUT2D eigenvalue weighted by molar-refractivity contribution is 7.91. The average molecular weight is 564 g/mol. The van der Waals surface area contributed by atoms with Crippen LogP contribution in [0.5, 0.6) is 0 Å². The van der Waals surface area contributed by atoms with Gasteiger partial charge in [0.2, 0.25) is 26.6 Å². The quantitative estimate of drug-likeness (QED) is 0.219. The van der Waals surface area contributed by atoms with Gasteiger partial charge < -0.3 is 9.32 Å². The second kappa shape index (κ2) is 11.4. The summed E-state index contributed by atoms with van der Waals surface area (Å²) in [6.45, 7) is 6.59. The minimum Gasteiger partial charge on any atom is -0.419 e. The summed E-state index contributed by atoms with van der Waals surface area (Å²) < 4.78 is 34.2. The molecule has 1 aliphatic heterocycles. The van der Waals surface area contributed by atoms with E-state index in [0.717, 1.165) is 29.8 Å². The number of hydrogen-bond donors (Lipinski definition) is 0. The molecule has 0 N–H and O–H groups in total. The van der Waals surface area contributed by atoms with E-state index in [-0.39, 0.29) is 16.0 Å². The minimum atomic E-state index is -3.91. The first-order valence-electron chi connectivity index (χ1n) is 13.9. The van der Waals surface area contributed by atoms with Crippen LogP contribution in [0, 0.1) is 13.8 Å². The van der Waals surface area contributed by atoms with E-state index in [1.165, 1.54) is 11.1 Å². The van der Waals surface area contributed by atoms with E-state index in [1.807, 2.05) is 55.1 Å². The number of anilines is 1. The molecule has 4 aromatic carbocycles. The number of nitrogens with zero attached hydrogens (tertiary/aromatic N) is 3. The van der Waals surface area contributed by atoms with Crippen molar-refractivity contribution in [3.05, 3.63) is 131 Å². The van der Waals surface area contributed by atoms with Crippen LogP contribution in [0.15, 0.2) is 124 Å². The molecule has 2 heterocycles. The standard InChI is InChI=1S/C34H33N3O3S/c1-25-17-19-29(20-18-25)41(38,39)33-34(40-32(35-33)30-16-10-9-11-26(30)2)37-23-21-36(22-24-37)31(27-12-5-3-6-13-27)28-14-7-4-8-15-28/h3-20,31H,21-24H2,1-2H3. The maximum absolute atomic E-state index is 13.9. The Bertz CT molecular complexity index is 1690. The van der Waals surface area contributed by atoms with Crippen molar-refractivity contribution in [2.45, 2.75) is 29.8 Å². The molecule has 5 aromatic rings. The van der Waals surface area contributed by atoms with E-state index in [1.54, 1.807) is 24.3 Å². The van der Waals surface area contributed by atoms with E-state index in [9.17, 15) is 8.42 Å². The predicted octanol–water partition coefficient (Wildman–Crippen LogP) is 6.70. The summed E-state index contributed by atoms with van der Waals surface area (Å²) in [5.74, 6) is 0.622. The number of hydrogen-bond acceptors (Lipinski definition) is 6. The molecular weight excluding hydrogens is 530 g/mol. The van der Waals surface area contributed by atoms with Gasteiger partial charge in [-0.05, 0) is 48.7 Å². The second-order valence-corrected chi connectivity index (χ2v) is 12.4. The van der Waals surface area contributed by atoms with Gasteiger partial charge in [0, 0.05) is 31.7 Å².